The van der Waals surface area contributed by atoms with Crippen LogP contribution in [0.4, 0.5) is 5.69 Å². The maximum absolute atomic E-state index is 5.74. The van der Waals surface area contributed by atoms with Gasteiger partial charge in [-0.05, 0) is 23.8 Å². The molecule has 1 aromatic heterocycles. The molecule has 15 heavy (non-hydrogen) atoms. The Morgan fingerprint density at radius 2 is 2.33 bits per heavy atom. The third-order valence-electron chi connectivity index (χ3n) is 2.67. The van der Waals surface area contributed by atoms with E-state index in [1.807, 2.05) is 30.2 Å². The van der Waals surface area contributed by atoms with Gasteiger partial charge in [-0.15, -0.1) is 0 Å². The molecule has 1 aliphatic rings. The van der Waals surface area contributed by atoms with Crippen molar-refractivity contribution in [2.24, 2.45) is 5.73 Å². The lowest BCUT2D eigenvalue weighted by Crippen LogP contribution is -2.27. The smallest absolute Gasteiger partial charge is 0.0598 e. The highest BCUT2D eigenvalue weighted by molar-refractivity contribution is 7.99. The summed E-state index contributed by atoms with van der Waals surface area (Å²) >= 11 is 2.03. The first-order valence-electron chi connectivity index (χ1n) is 5.37. The number of thioether (sulfide) groups is 1. The minimum Gasteiger partial charge on any atom is -0.369 e. The van der Waals surface area contributed by atoms with Gasteiger partial charge in [-0.2, -0.15) is 11.8 Å². The lowest BCUT2D eigenvalue weighted by molar-refractivity contribution is 0.805. The van der Waals surface area contributed by atoms with Crippen molar-refractivity contribution in [2.75, 3.05) is 29.5 Å². The standard InChI is InChI=1S/C11H17N3S/c12-8-10-2-3-13-9-11(10)14-4-1-6-15-7-5-14/h2-3,9H,1,4-8,12H2. The predicted molar refractivity (Wildman–Crippen MR) is 66.3 cm³/mol. The van der Waals surface area contributed by atoms with E-state index in [4.69, 9.17) is 5.73 Å². The zero-order valence-electron chi connectivity index (χ0n) is 8.85. The molecule has 0 amide bonds. The Labute approximate surface area is 95.1 Å². The molecule has 2 N–H and O–H groups in total. The molecule has 1 fully saturated rings. The zero-order chi connectivity index (χ0) is 10.5. The van der Waals surface area contributed by atoms with Gasteiger partial charge in [-0.25, -0.2) is 0 Å². The summed E-state index contributed by atoms with van der Waals surface area (Å²) in [5.41, 5.74) is 8.17. The van der Waals surface area contributed by atoms with Crippen molar-refractivity contribution < 1.29 is 0 Å². The molecule has 0 atom stereocenters. The SMILES string of the molecule is NCc1ccncc1N1CCCSCC1. The van der Waals surface area contributed by atoms with Crippen LogP contribution in [0.25, 0.3) is 0 Å². The lowest BCUT2D eigenvalue weighted by atomic mass is 10.2. The number of rotatable bonds is 2. The topological polar surface area (TPSA) is 42.1 Å². The molecular weight excluding hydrogens is 206 g/mol. The van der Waals surface area contributed by atoms with Crippen LogP contribution in [0.2, 0.25) is 0 Å². The van der Waals surface area contributed by atoms with Gasteiger partial charge in [0.15, 0.2) is 0 Å². The monoisotopic (exact) mass is 223 g/mol. The van der Waals surface area contributed by atoms with E-state index in [2.05, 4.69) is 9.88 Å². The van der Waals surface area contributed by atoms with Crippen molar-refractivity contribution in [1.29, 1.82) is 0 Å². The first kappa shape index (κ1) is 10.8. The van der Waals surface area contributed by atoms with Crippen LogP contribution >= 0.6 is 11.8 Å². The van der Waals surface area contributed by atoms with Gasteiger partial charge in [-0.3, -0.25) is 4.98 Å². The van der Waals surface area contributed by atoms with Crippen LogP contribution < -0.4 is 10.6 Å². The summed E-state index contributed by atoms with van der Waals surface area (Å²) in [6.45, 7) is 2.84. The molecule has 0 aliphatic carbocycles. The number of hydrogen-bond acceptors (Lipinski definition) is 4. The average Bonchev–Trinajstić information content (AvgIpc) is 2.57. The Kier molecular flexibility index (Phi) is 3.86. The minimum absolute atomic E-state index is 0.599. The number of hydrogen-bond donors (Lipinski definition) is 1. The van der Waals surface area contributed by atoms with Gasteiger partial charge in [0.2, 0.25) is 0 Å². The number of anilines is 1. The van der Waals surface area contributed by atoms with E-state index in [0.717, 1.165) is 13.1 Å². The first-order chi connectivity index (χ1) is 7.42. The highest BCUT2D eigenvalue weighted by Gasteiger charge is 2.12. The Morgan fingerprint density at radius 1 is 1.40 bits per heavy atom. The van der Waals surface area contributed by atoms with Crippen molar-refractivity contribution >= 4 is 17.4 Å². The van der Waals surface area contributed by atoms with E-state index in [9.17, 15) is 0 Å². The normalized spacial score (nSPS) is 17.5. The fraction of sp³-hybridized carbons (Fsp3) is 0.545. The highest BCUT2D eigenvalue weighted by atomic mass is 32.2. The second-order valence-electron chi connectivity index (χ2n) is 3.66. The maximum atomic E-state index is 5.74. The van der Waals surface area contributed by atoms with E-state index in [-0.39, 0.29) is 0 Å². The molecular formula is C11H17N3S. The van der Waals surface area contributed by atoms with Gasteiger partial charge >= 0.3 is 0 Å². The molecule has 4 heteroatoms. The van der Waals surface area contributed by atoms with Crippen LogP contribution in [0.3, 0.4) is 0 Å². The van der Waals surface area contributed by atoms with Gasteiger partial charge in [0, 0.05) is 31.6 Å². The Hall–Kier alpha value is -0.740. The molecule has 1 saturated heterocycles. The molecule has 3 nitrogen and oxygen atoms in total. The molecule has 0 aromatic carbocycles. The molecule has 1 aliphatic heterocycles. The van der Waals surface area contributed by atoms with Crippen molar-refractivity contribution in [3.63, 3.8) is 0 Å². The second-order valence-corrected chi connectivity index (χ2v) is 4.89. The van der Waals surface area contributed by atoms with Gasteiger partial charge < -0.3 is 10.6 Å². The summed E-state index contributed by atoms with van der Waals surface area (Å²) in [5, 5.41) is 0. The zero-order valence-corrected chi connectivity index (χ0v) is 9.67. The molecule has 2 rings (SSSR count). The molecule has 0 unspecified atom stereocenters. The van der Waals surface area contributed by atoms with E-state index < -0.39 is 0 Å². The fourth-order valence-corrected chi connectivity index (χ4v) is 2.75. The third-order valence-corrected chi connectivity index (χ3v) is 3.72. The van der Waals surface area contributed by atoms with Crippen molar-refractivity contribution in [3.05, 3.63) is 24.0 Å². The average molecular weight is 223 g/mol. The van der Waals surface area contributed by atoms with Crippen LogP contribution in [0, 0.1) is 0 Å². The van der Waals surface area contributed by atoms with E-state index in [0.29, 0.717) is 6.54 Å². The lowest BCUT2D eigenvalue weighted by Gasteiger charge is -2.24. The van der Waals surface area contributed by atoms with Gasteiger partial charge in [0.05, 0.1) is 11.9 Å². The van der Waals surface area contributed by atoms with E-state index >= 15 is 0 Å². The molecule has 0 spiro atoms. The molecule has 2 heterocycles. The third kappa shape index (κ3) is 2.63. The minimum atomic E-state index is 0.599. The molecule has 0 bridgehead atoms. The Bertz CT molecular complexity index is 308. The summed E-state index contributed by atoms with van der Waals surface area (Å²) in [5.74, 6) is 2.48. The molecule has 82 valence electrons. The molecule has 1 aromatic rings. The molecule has 0 saturated carbocycles. The van der Waals surface area contributed by atoms with Gasteiger partial charge in [0.1, 0.15) is 0 Å². The predicted octanol–water partition coefficient (Wildman–Crippen LogP) is 1.48. The second kappa shape index (κ2) is 5.37. The first-order valence-corrected chi connectivity index (χ1v) is 6.53. The summed E-state index contributed by atoms with van der Waals surface area (Å²) in [6, 6.07) is 2.02. The molecule has 0 radical (unpaired) electrons. The number of nitrogens with zero attached hydrogens (tertiary/aromatic N) is 2. The summed E-state index contributed by atoms with van der Waals surface area (Å²) in [4.78, 5) is 6.61. The Balaban J connectivity index is 2.18. The number of nitrogens with two attached hydrogens (primary N) is 1. The van der Waals surface area contributed by atoms with E-state index in [1.54, 1.807) is 0 Å². The van der Waals surface area contributed by atoms with Crippen LogP contribution in [0.15, 0.2) is 18.5 Å². The number of pyridine rings is 1. The summed E-state index contributed by atoms with van der Waals surface area (Å²) in [6.07, 6.45) is 5.01. The summed E-state index contributed by atoms with van der Waals surface area (Å²) in [7, 11) is 0. The maximum Gasteiger partial charge on any atom is 0.0598 e. The van der Waals surface area contributed by atoms with Crippen LogP contribution in [0.1, 0.15) is 12.0 Å². The van der Waals surface area contributed by atoms with Gasteiger partial charge in [-0.1, -0.05) is 0 Å². The Morgan fingerprint density at radius 3 is 3.20 bits per heavy atom. The highest BCUT2D eigenvalue weighted by Crippen LogP contribution is 2.21. The van der Waals surface area contributed by atoms with Crippen LogP contribution in [-0.4, -0.2) is 29.6 Å². The largest absolute Gasteiger partial charge is 0.369 e. The quantitative estimate of drug-likeness (QED) is 0.824. The van der Waals surface area contributed by atoms with Crippen molar-refractivity contribution in [2.45, 2.75) is 13.0 Å². The van der Waals surface area contributed by atoms with Crippen molar-refractivity contribution in [3.8, 4) is 0 Å². The van der Waals surface area contributed by atoms with Crippen molar-refractivity contribution in [1.82, 2.24) is 4.98 Å². The number of aromatic nitrogens is 1. The van der Waals surface area contributed by atoms with Gasteiger partial charge in [0.25, 0.3) is 0 Å². The van der Waals surface area contributed by atoms with Crippen LogP contribution in [0.5, 0.6) is 0 Å². The van der Waals surface area contributed by atoms with Crippen LogP contribution in [-0.2, 0) is 6.54 Å². The fourth-order valence-electron chi connectivity index (χ4n) is 1.86. The van der Waals surface area contributed by atoms with E-state index in [1.165, 1.54) is 29.2 Å². The summed E-state index contributed by atoms with van der Waals surface area (Å²) < 4.78 is 0.